The van der Waals surface area contributed by atoms with Crippen LogP contribution in [0.4, 0.5) is 4.39 Å². The molecule has 2 amide bonds. The van der Waals surface area contributed by atoms with Gasteiger partial charge in [0.1, 0.15) is 12.2 Å². The van der Waals surface area contributed by atoms with Crippen molar-refractivity contribution in [2.45, 2.75) is 32.6 Å². The molecular formula is C15H21FN2O2. The van der Waals surface area contributed by atoms with Gasteiger partial charge in [0.05, 0.1) is 0 Å². The van der Waals surface area contributed by atoms with E-state index in [0.717, 1.165) is 18.4 Å². The highest BCUT2D eigenvalue weighted by Gasteiger charge is 2.07. The highest BCUT2D eigenvalue weighted by Crippen LogP contribution is 2.02. The highest BCUT2D eigenvalue weighted by molar-refractivity contribution is 5.96. The number of nitrogens with one attached hydrogen (secondary N) is 2. The van der Waals surface area contributed by atoms with E-state index >= 15 is 0 Å². The SMILES string of the molecule is CCCCNC(=O)CC(=O)NCCc1ccc(F)cc1. The summed E-state index contributed by atoms with van der Waals surface area (Å²) in [6, 6.07) is 6.13. The first kappa shape index (κ1) is 16.1. The molecule has 2 N–H and O–H groups in total. The summed E-state index contributed by atoms with van der Waals surface area (Å²) >= 11 is 0. The maximum absolute atomic E-state index is 12.7. The van der Waals surface area contributed by atoms with Crippen LogP contribution in [-0.4, -0.2) is 24.9 Å². The van der Waals surface area contributed by atoms with Crippen LogP contribution in [0.15, 0.2) is 24.3 Å². The minimum atomic E-state index is -0.291. The lowest BCUT2D eigenvalue weighted by atomic mass is 10.1. The minimum Gasteiger partial charge on any atom is -0.356 e. The molecule has 110 valence electrons. The summed E-state index contributed by atoms with van der Waals surface area (Å²) in [7, 11) is 0. The van der Waals surface area contributed by atoms with Crippen molar-refractivity contribution < 1.29 is 14.0 Å². The van der Waals surface area contributed by atoms with E-state index in [1.165, 1.54) is 12.1 Å². The van der Waals surface area contributed by atoms with Gasteiger partial charge in [-0.05, 0) is 30.5 Å². The summed E-state index contributed by atoms with van der Waals surface area (Å²) in [6.45, 7) is 3.08. The monoisotopic (exact) mass is 280 g/mol. The van der Waals surface area contributed by atoms with Gasteiger partial charge in [0.2, 0.25) is 11.8 Å². The molecule has 0 heterocycles. The first-order valence-corrected chi connectivity index (χ1v) is 6.89. The lowest BCUT2D eigenvalue weighted by Gasteiger charge is -2.06. The Balaban J connectivity index is 2.16. The largest absolute Gasteiger partial charge is 0.356 e. The van der Waals surface area contributed by atoms with E-state index < -0.39 is 0 Å². The molecule has 0 fully saturated rings. The number of carbonyl (C=O) groups excluding carboxylic acids is 2. The van der Waals surface area contributed by atoms with E-state index in [9.17, 15) is 14.0 Å². The second kappa shape index (κ2) is 9.07. The maximum Gasteiger partial charge on any atom is 0.229 e. The van der Waals surface area contributed by atoms with Gasteiger partial charge in [-0.3, -0.25) is 9.59 Å². The third-order valence-corrected chi connectivity index (χ3v) is 2.82. The van der Waals surface area contributed by atoms with Crippen LogP contribution in [-0.2, 0) is 16.0 Å². The van der Waals surface area contributed by atoms with Crippen LogP contribution >= 0.6 is 0 Å². The standard InChI is InChI=1S/C15H21FN2O2/c1-2-3-9-17-14(19)11-15(20)18-10-8-12-4-6-13(16)7-5-12/h4-7H,2-3,8-11H2,1H3,(H,17,19)(H,18,20). The van der Waals surface area contributed by atoms with Crippen molar-refractivity contribution in [3.8, 4) is 0 Å². The molecule has 0 bridgehead atoms. The summed E-state index contributed by atoms with van der Waals surface area (Å²) in [5.41, 5.74) is 0.944. The normalized spacial score (nSPS) is 10.1. The molecule has 0 radical (unpaired) electrons. The van der Waals surface area contributed by atoms with Gasteiger partial charge in [-0.2, -0.15) is 0 Å². The molecule has 0 atom stereocenters. The van der Waals surface area contributed by atoms with Crippen molar-refractivity contribution in [3.63, 3.8) is 0 Å². The van der Waals surface area contributed by atoms with Crippen molar-refractivity contribution in [1.82, 2.24) is 10.6 Å². The van der Waals surface area contributed by atoms with Gasteiger partial charge in [-0.1, -0.05) is 25.5 Å². The van der Waals surface area contributed by atoms with Gasteiger partial charge in [-0.25, -0.2) is 4.39 Å². The Morgan fingerprint density at radius 3 is 2.25 bits per heavy atom. The predicted octanol–water partition coefficient (Wildman–Crippen LogP) is 1.79. The number of benzene rings is 1. The Morgan fingerprint density at radius 1 is 1.05 bits per heavy atom. The summed E-state index contributed by atoms with van der Waals surface area (Å²) in [5.74, 6) is -0.819. The Morgan fingerprint density at radius 2 is 1.65 bits per heavy atom. The van der Waals surface area contributed by atoms with Gasteiger partial charge in [-0.15, -0.1) is 0 Å². The van der Waals surface area contributed by atoms with E-state index in [1.54, 1.807) is 12.1 Å². The summed E-state index contributed by atoms with van der Waals surface area (Å²) in [5, 5.41) is 5.36. The van der Waals surface area contributed by atoms with Crippen LogP contribution in [0.3, 0.4) is 0 Å². The molecule has 4 nitrogen and oxygen atoms in total. The molecular weight excluding hydrogens is 259 g/mol. The Labute approximate surface area is 118 Å². The fourth-order valence-corrected chi connectivity index (χ4v) is 1.67. The van der Waals surface area contributed by atoms with Crippen molar-refractivity contribution in [2.24, 2.45) is 0 Å². The molecule has 20 heavy (non-hydrogen) atoms. The topological polar surface area (TPSA) is 58.2 Å². The molecule has 0 saturated heterocycles. The van der Waals surface area contributed by atoms with Crippen LogP contribution in [0, 0.1) is 5.82 Å². The van der Waals surface area contributed by atoms with Gasteiger partial charge < -0.3 is 10.6 Å². The van der Waals surface area contributed by atoms with Gasteiger partial charge in [0.25, 0.3) is 0 Å². The zero-order valence-corrected chi connectivity index (χ0v) is 11.7. The summed E-state index contributed by atoms with van der Waals surface area (Å²) in [4.78, 5) is 22.9. The molecule has 0 spiro atoms. The smallest absolute Gasteiger partial charge is 0.229 e. The Kier molecular flexibility index (Phi) is 7.32. The molecule has 1 aromatic carbocycles. The van der Waals surface area contributed by atoms with E-state index in [2.05, 4.69) is 10.6 Å². The molecule has 1 aromatic rings. The van der Waals surface area contributed by atoms with E-state index in [0.29, 0.717) is 19.5 Å². The number of unbranched alkanes of at least 4 members (excludes halogenated alkanes) is 1. The van der Waals surface area contributed by atoms with Crippen LogP contribution in [0.2, 0.25) is 0 Å². The lowest BCUT2D eigenvalue weighted by Crippen LogP contribution is -2.33. The number of hydrogen-bond donors (Lipinski definition) is 2. The molecule has 0 unspecified atom stereocenters. The molecule has 1 rings (SSSR count). The zero-order valence-electron chi connectivity index (χ0n) is 11.7. The number of rotatable bonds is 8. The predicted molar refractivity (Wildman–Crippen MR) is 75.6 cm³/mol. The molecule has 0 aliphatic heterocycles. The third kappa shape index (κ3) is 6.87. The van der Waals surface area contributed by atoms with Crippen LogP contribution < -0.4 is 10.6 Å². The first-order valence-electron chi connectivity index (χ1n) is 6.89. The fraction of sp³-hybridized carbons (Fsp3) is 0.467. The van der Waals surface area contributed by atoms with Crippen LogP contribution in [0.5, 0.6) is 0 Å². The third-order valence-electron chi connectivity index (χ3n) is 2.82. The molecule has 5 heteroatoms. The second-order valence-electron chi connectivity index (χ2n) is 4.61. The Bertz CT molecular complexity index is 432. The summed E-state index contributed by atoms with van der Waals surface area (Å²) < 4.78 is 12.7. The number of halogens is 1. The quantitative estimate of drug-likeness (QED) is 0.563. The first-order chi connectivity index (χ1) is 9.61. The molecule has 0 aromatic heterocycles. The van der Waals surface area contributed by atoms with E-state index in [-0.39, 0.29) is 24.1 Å². The van der Waals surface area contributed by atoms with Gasteiger partial charge in [0, 0.05) is 13.1 Å². The lowest BCUT2D eigenvalue weighted by molar-refractivity contribution is -0.129. The fourth-order valence-electron chi connectivity index (χ4n) is 1.67. The van der Waals surface area contributed by atoms with Gasteiger partial charge in [0.15, 0.2) is 0 Å². The molecule has 0 aliphatic rings. The highest BCUT2D eigenvalue weighted by atomic mass is 19.1. The zero-order chi connectivity index (χ0) is 14.8. The van der Waals surface area contributed by atoms with Crippen molar-refractivity contribution >= 4 is 11.8 Å². The van der Waals surface area contributed by atoms with Crippen molar-refractivity contribution in [3.05, 3.63) is 35.6 Å². The van der Waals surface area contributed by atoms with Crippen LogP contribution in [0.25, 0.3) is 0 Å². The number of carbonyl (C=O) groups is 2. The average molecular weight is 280 g/mol. The van der Waals surface area contributed by atoms with Crippen molar-refractivity contribution in [2.75, 3.05) is 13.1 Å². The Hall–Kier alpha value is -1.91. The molecule has 0 aliphatic carbocycles. The maximum atomic E-state index is 12.7. The van der Waals surface area contributed by atoms with E-state index in [1.807, 2.05) is 6.92 Å². The van der Waals surface area contributed by atoms with Crippen LogP contribution in [0.1, 0.15) is 31.7 Å². The molecule has 0 saturated carbocycles. The van der Waals surface area contributed by atoms with Gasteiger partial charge >= 0.3 is 0 Å². The van der Waals surface area contributed by atoms with Crippen molar-refractivity contribution in [1.29, 1.82) is 0 Å². The average Bonchev–Trinajstić information content (AvgIpc) is 2.41. The van der Waals surface area contributed by atoms with E-state index in [4.69, 9.17) is 0 Å². The number of hydrogen-bond acceptors (Lipinski definition) is 2. The summed E-state index contributed by atoms with van der Waals surface area (Å²) in [6.07, 6.45) is 2.39. The second-order valence-corrected chi connectivity index (χ2v) is 4.61. The number of amides is 2. The minimum absolute atomic E-state index is 0.146.